The number of rotatable bonds is 4. The highest BCUT2D eigenvalue weighted by Gasteiger charge is 2.07. The fraction of sp³-hybridized carbons (Fsp3) is 0.600. The topological polar surface area (TPSA) is 35.0 Å². The van der Waals surface area contributed by atoms with Crippen molar-refractivity contribution >= 4 is 15.9 Å². The van der Waals surface area contributed by atoms with E-state index in [0.29, 0.717) is 11.4 Å². The summed E-state index contributed by atoms with van der Waals surface area (Å²) in [6.45, 7) is 4.59. The molecule has 0 aliphatic rings. The van der Waals surface area contributed by atoms with Crippen LogP contribution in [-0.4, -0.2) is 28.5 Å². The van der Waals surface area contributed by atoms with Crippen molar-refractivity contribution in [2.24, 2.45) is 0 Å². The molecule has 0 spiro atoms. The third kappa shape index (κ3) is 3.72. The van der Waals surface area contributed by atoms with Gasteiger partial charge in [0.2, 0.25) is 0 Å². The van der Waals surface area contributed by atoms with Crippen molar-refractivity contribution in [3.63, 3.8) is 0 Å². The van der Waals surface area contributed by atoms with Crippen LogP contribution in [0, 0.1) is 13.8 Å². The molecule has 0 N–H and O–H groups in total. The average Bonchev–Trinajstić information content (AvgIpc) is 2.01. The molecule has 78 valence electrons. The Morgan fingerprint density at radius 1 is 1.43 bits per heavy atom. The monoisotopic (exact) mass is 258 g/mol. The molecule has 0 aromatic carbocycles. The number of aryl methyl sites for hydroxylation is 2. The summed E-state index contributed by atoms with van der Waals surface area (Å²) in [6.07, 6.45) is 0.873. The first-order chi connectivity index (χ1) is 6.61. The molecular weight excluding hydrogens is 244 g/mol. The minimum absolute atomic E-state index is 0.321. The summed E-state index contributed by atoms with van der Waals surface area (Å²) in [6, 6.07) is 2.01. The van der Waals surface area contributed by atoms with Crippen LogP contribution >= 0.6 is 15.9 Å². The van der Waals surface area contributed by atoms with Crippen molar-refractivity contribution in [2.45, 2.75) is 25.1 Å². The lowest BCUT2D eigenvalue weighted by molar-refractivity contribution is 0.200. The van der Waals surface area contributed by atoms with E-state index in [9.17, 15) is 0 Å². The predicted octanol–water partition coefficient (Wildman–Crippen LogP) is 2.05. The van der Waals surface area contributed by atoms with Crippen LogP contribution in [0.1, 0.15) is 17.2 Å². The summed E-state index contributed by atoms with van der Waals surface area (Å²) in [7, 11) is 1.70. The molecule has 1 unspecified atom stereocenters. The van der Waals surface area contributed by atoms with Crippen LogP contribution in [0.4, 0.5) is 0 Å². The second-order valence-electron chi connectivity index (χ2n) is 3.30. The molecule has 0 aliphatic carbocycles. The zero-order chi connectivity index (χ0) is 10.6. The highest BCUT2D eigenvalue weighted by atomic mass is 79.9. The molecule has 0 saturated carbocycles. The van der Waals surface area contributed by atoms with Gasteiger partial charge in [-0.05, 0) is 19.9 Å². The molecular formula is C10H15BrN2O. The number of alkyl halides is 1. The van der Waals surface area contributed by atoms with Gasteiger partial charge in [0.25, 0.3) is 0 Å². The Kier molecular flexibility index (Phi) is 4.48. The molecule has 0 bridgehead atoms. The van der Waals surface area contributed by atoms with Gasteiger partial charge < -0.3 is 4.74 Å². The molecule has 1 aromatic rings. The first-order valence-corrected chi connectivity index (χ1v) is 5.47. The van der Waals surface area contributed by atoms with Gasteiger partial charge in [0, 0.05) is 29.7 Å². The molecule has 3 nitrogen and oxygen atoms in total. The molecule has 0 radical (unpaired) electrons. The summed E-state index contributed by atoms with van der Waals surface area (Å²) in [5.41, 5.74) is 2.08. The summed E-state index contributed by atoms with van der Waals surface area (Å²) in [4.78, 5) is 8.91. The molecule has 0 aliphatic heterocycles. The van der Waals surface area contributed by atoms with Gasteiger partial charge in [0.1, 0.15) is 5.82 Å². The van der Waals surface area contributed by atoms with E-state index in [1.165, 1.54) is 0 Å². The van der Waals surface area contributed by atoms with Gasteiger partial charge in [-0.15, -0.1) is 0 Å². The van der Waals surface area contributed by atoms with Crippen LogP contribution in [0.3, 0.4) is 0 Å². The van der Waals surface area contributed by atoms with Crippen LogP contribution in [0.15, 0.2) is 6.07 Å². The Labute approximate surface area is 93.0 Å². The number of hydrogen-bond donors (Lipinski definition) is 0. The second-order valence-corrected chi connectivity index (χ2v) is 4.60. The standard InChI is InChI=1S/C10H15BrN2O/c1-7-4-10(13-8(2)12-7)5-9(11)6-14-3/h4,9H,5-6H2,1-3H3. The molecule has 0 saturated heterocycles. The SMILES string of the molecule is COCC(Br)Cc1cc(C)nc(C)n1. The fourth-order valence-electron chi connectivity index (χ4n) is 1.36. The Hall–Kier alpha value is -0.480. The van der Waals surface area contributed by atoms with Gasteiger partial charge in [0.15, 0.2) is 0 Å². The molecule has 0 fully saturated rings. The molecule has 1 rings (SSSR count). The Bertz CT molecular complexity index is 284. The number of methoxy groups -OCH3 is 1. The molecule has 1 atom stereocenters. The van der Waals surface area contributed by atoms with Gasteiger partial charge >= 0.3 is 0 Å². The quantitative estimate of drug-likeness (QED) is 0.776. The largest absolute Gasteiger partial charge is 0.384 e. The van der Waals surface area contributed by atoms with Crippen molar-refractivity contribution in [1.82, 2.24) is 9.97 Å². The highest BCUT2D eigenvalue weighted by Crippen LogP contribution is 2.09. The number of nitrogens with zero attached hydrogens (tertiary/aromatic N) is 2. The first kappa shape index (κ1) is 11.6. The maximum absolute atomic E-state index is 5.05. The Morgan fingerprint density at radius 3 is 2.71 bits per heavy atom. The molecule has 1 heterocycles. The lowest BCUT2D eigenvalue weighted by Crippen LogP contribution is -2.12. The molecule has 1 aromatic heterocycles. The van der Waals surface area contributed by atoms with Gasteiger partial charge in [-0.25, -0.2) is 9.97 Å². The zero-order valence-corrected chi connectivity index (χ0v) is 10.3. The van der Waals surface area contributed by atoms with E-state index < -0.39 is 0 Å². The lowest BCUT2D eigenvalue weighted by Gasteiger charge is -2.08. The van der Waals surface area contributed by atoms with Crippen molar-refractivity contribution in [2.75, 3.05) is 13.7 Å². The summed E-state index contributed by atoms with van der Waals surface area (Å²) in [5, 5.41) is 0. The molecule has 0 amide bonds. The van der Waals surface area contributed by atoms with E-state index in [1.807, 2.05) is 19.9 Å². The van der Waals surface area contributed by atoms with Crippen molar-refractivity contribution in [3.8, 4) is 0 Å². The van der Waals surface area contributed by atoms with Gasteiger partial charge in [-0.1, -0.05) is 15.9 Å². The van der Waals surface area contributed by atoms with Gasteiger partial charge in [-0.3, -0.25) is 0 Å². The van der Waals surface area contributed by atoms with Gasteiger partial charge in [0.05, 0.1) is 6.61 Å². The number of hydrogen-bond acceptors (Lipinski definition) is 3. The van der Waals surface area contributed by atoms with Gasteiger partial charge in [-0.2, -0.15) is 0 Å². The Balaban J connectivity index is 2.66. The average molecular weight is 259 g/mol. The highest BCUT2D eigenvalue weighted by molar-refractivity contribution is 9.09. The van der Waals surface area contributed by atoms with Crippen LogP contribution in [-0.2, 0) is 11.2 Å². The second kappa shape index (κ2) is 5.41. The van der Waals surface area contributed by atoms with Crippen LogP contribution < -0.4 is 0 Å². The van der Waals surface area contributed by atoms with E-state index in [4.69, 9.17) is 4.74 Å². The fourth-order valence-corrected chi connectivity index (χ4v) is 1.96. The summed E-state index contributed by atoms with van der Waals surface area (Å²) >= 11 is 3.54. The number of halogens is 1. The van der Waals surface area contributed by atoms with Crippen molar-refractivity contribution in [3.05, 3.63) is 23.3 Å². The van der Waals surface area contributed by atoms with E-state index in [-0.39, 0.29) is 0 Å². The maximum Gasteiger partial charge on any atom is 0.125 e. The maximum atomic E-state index is 5.05. The van der Waals surface area contributed by atoms with Crippen LogP contribution in [0.5, 0.6) is 0 Å². The number of aromatic nitrogens is 2. The first-order valence-electron chi connectivity index (χ1n) is 4.56. The van der Waals surface area contributed by atoms with Crippen LogP contribution in [0.2, 0.25) is 0 Å². The van der Waals surface area contributed by atoms with Crippen molar-refractivity contribution in [1.29, 1.82) is 0 Å². The third-order valence-electron chi connectivity index (χ3n) is 1.80. The van der Waals surface area contributed by atoms with E-state index >= 15 is 0 Å². The van der Waals surface area contributed by atoms with E-state index in [2.05, 4.69) is 25.9 Å². The van der Waals surface area contributed by atoms with E-state index in [1.54, 1.807) is 7.11 Å². The van der Waals surface area contributed by atoms with Crippen LogP contribution in [0.25, 0.3) is 0 Å². The molecule has 4 heteroatoms. The zero-order valence-electron chi connectivity index (χ0n) is 8.75. The normalized spacial score (nSPS) is 12.9. The Morgan fingerprint density at radius 2 is 2.14 bits per heavy atom. The summed E-state index contributed by atoms with van der Waals surface area (Å²) < 4.78 is 5.05. The van der Waals surface area contributed by atoms with E-state index in [0.717, 1.165) is 23.6 Å². The smallest absolute Gasteiger partial charge is 0.125 e. The predicted molar refractivity (Wildman–Crippen MR) is 59.8 cm³/mol. The van der Waals surface area contributed by atoms with Crippen molar-refractivity contribution < 1.29 is 4.74 Å². The third-order valence-corrected chi connectivity index (χ3v) is 2.39. The lowest BCUT2D eigenvalue weighted by atomic mass is 10.2. The number of ether oxygens (including phenoxy) is 1. The minimum atomic E-state index is 0.321. The molecule has 14 heavy (non-hydrogen) atoms. The minimum Gasteiger partial charge on any atom is -0.384 e. The summed E-state index contributed by atoms with van der Waals surface area (Å²) in [5.74, 6) is 0.831.